The van der Waals surface area contributed by atoms with Crippen LogP contribution in [0.25, 0.3) is 49.1 Å². The minimum absolute atomic E-state index is 0.452. The van der Waals surface area contributed by atoms with Gasteiger partial charge in [0.05, 0.1) is 34.4 Å². The van der Waals surface area contributed by atoms with E-state index >= 15 is 0 Å². The van der Waals surface area contributed by atoms with Crippen molar-refractivity contribution in [1.29, 1.82) is 0 Å². The Labute approximate surface area is 206 Å². The molecule has 3 nitrogen and oxygen atoms in total. The van der Waals surface area contributed by atoms with Gasteiger partial charge in [0.2, 0.25) is 0 Å². The summed E-state index contributed by atoms with van der Waals surface area (Å²) in [5.74, 6) is 1.26. The van der Waals surface area contributed by atoms with Crippen molar-refractivity contribution in [3.63, 3.8) is 0 Å². The molecule has 3 aromatic heterocycles. The van der Waals surface area contributed by atoms with Crippen LogP contribution in [0.2, 0.25) is 0 Å². The van der Waals surface area contributed by atoms with E-state index < -0.39 is 0 Å². The van der Waals surface area contributed by atoms with E-state index in [0.29, 0.717) is 5.92 Å². The van der Waals surface area contributed by atoms with Gasteiger partial charge in [-0.1, -0.05) is 57.7 Å². The zero-order chi connectivity index (χ0) is 24.0. The molecule has 1 fully saturated rings. The first-order valence-corrected chi connectivity index (χ1v) is 13.3. The third-order valence-corrected chi connectivity index (χ3v) is 8.84. The van der Waals surface area contributed by atoms with Crippen LogP contribution in [-0.2, 0) is 13.5 Å². The van der Waals surface area contributed by atoms with Crippen molar-refractivity contribution in [3.8, 4) is 0 Å². The molecule has 0 N–H and O–H groups in total. The van der Waals surface area contributed by atoms with Crippen molar-refractivity contribution >= 4 is 49.1 Å². The van der Waals surface area contributed by atoms with E-state index in [1.54, 1.807) is 0 Å². The van der Waals surface area contributed by atoms with Crippen molar-refractivity contribution < 1.29 is 4.57 Å². The highest BCUT2D eigenvalue weighted by molar-refractivity contribution is 6.26. The first kappa shape index (κ1) is 21.1. The Balaban J connectivity index is 1.77. The van der Waals surface area contributed by atoms with Crippen molar-refractivity contribution in [3.05, 3.63) is 65.0 Å². The molecule has 1 aliphatic carbocycles. The van der Waals surface area contributed by atoms with Crippen LogP contribution in [0, 0.1) is 19.8 Å². The van der Waals surface area contributed by atoms with E-state index in [4.69, 9.17) is 4.98 Å². The van der Waals surface area contributed by atoms with Gasteiger partial charge in [-0.05, 0) is 77.5 Å². The second-order valence-corrected chi connectivity index (χ2v) is 11.4. The predicted molar refractivity (Wildman–Crippen MR) is 147 cm³/mol. The first-order valence-electron chi connectivity index (χ1n) is 13.3. The van der Waals surface area contributed by atoms with Gasteiger partial charge in [-0.15, -0.1) is 0 Å². The van der Waals surface area contributed by atoms with Gasteiger partial charge in [-0.3, -0.25) is 0 Å². The normalized spacial score (nSPS) is 15.4. The summed E-state index contributed by atoms with van der Waals surface area (Å²) in [5.41, 5.74) is 12.1. The van der Waals surface area contributed by atoms with Crippen molar-refractivity contribution in [2.75, 3.05) is 0 Å². The van der Waals surface area contributed by atoms with Crippen LogP contribution in [0.15, 0.2) is 42.7 Å². The maximum absolute atomic E-state index is 4.98. The molecular weight excluding hydrogens is 426 g/mol. The summed E-state index contributed by atoms with van der Waals surface area (Å²) in [5, 5.41) is 5.41. The molecule has 6 aromatic rings. The number of fused-ring (bicyclic) bond motifs is 5. The van der Waals surface area contributed by atoms with Crippen LogP contribution in [0.4, 0.5) is 0 Å². The molecule has 0 aliphatic heterocycles. The van der Waals surface area contributed by atoms with Crippen LogP contribution >= 0.6 is 0 Å². The molecule has 0 radical (unpaired) electrons. The molecule has 7 rings (SSSR count). The molecule has 0 bridgehead atoms. The van der Waals surface area contributed by atoms with Crippen LogP contribution in [-0.4, -0.2) is 9.38 Å². The van der Waals surface area contributed by atoms with E-state index in [2.05, 4.69) is 80.1 Å². The van der Waals surface area contributed by atoms with E-state index in [0.717, 1.165) is 11.4 Å². The molecule has 1 saturated carbocycles. The molecule has 0 spiro atoms. The van der Waals surface area contributed by atoms with Crippen LogP contribution < -0.4 is 4.57 Å². The number of benzene rings is 3. The molecule has 3 heteroatoms. The highest BCUT2D eigenvalue weighted by atomic mass is 15.0. The monoisotopic (exact) mass is 460 g/mol. The Bertz CT molecular complexity index is 1780. The molecule has 1 aliphatic rings. The Kier molecular flexibility index (Phi) is 4.46. The highest BCUT2D eigenvalue weighted by Crippen LogP contribution is 2.43. The highest BCUT2D eigenvalue weighted by Gasteiger charge is 2.27. The summed E-state index contributed by atoms with van der Waals surface area (Å²) < 4.78 is 4.85. The van der Waals surface area contributed by atoms with Gasteiger partial charge in [0.25, 0.3) is 6.33 Å². The Morgan fingerprint density at radius 2 is 1.80 bits per heavy atom. The Morgan fingerprint density at radius 3 is 2.57 bits per heavy atom. The maximum atomic E-state index is 4.98. The summed E-state index contributed by atoms with van der Waals surface area (Å²) >= 11 is 0. The third-order valence-electron chi connectivity index (χ3n) is 8.84. The number of aryl methyl sites for hydroxylation is 3. The van der Waals surface area contributed by atoms with E-state index in [-0.39, 0.29) is 0 Å². The van der Waals surface area contributed by atoms with Crippen molar-refractivity contribution in [1.82, 2.24) is 9.38 Å². The molecule has 0 amide bonds. The quantitative estimate of drug-likeness (QED) is 0.151. The standard InChI is InChI=1S/C32H34N3/c1-18(2)23-11-8-12-24-25-13-19(3)20(4)28-31(25)35(30(23)24)27-16-22(14-21-9-6-7-10-21)15-26-29(27)32(28)34(5)17-33-26/h8,11-13,15-18,21H,6-7,9-10,14H2,1-5H3/q+1. The van der Waals surface area contributed by atoms with Crippen molar-refractivity contribution in [2.24, 2.45) is 13.0 Å². The summed E-state index contributed by atoms with van der Waals surface area (Å²) in [7, 11) is 2.16. The number of para-hydroxylation sites is 1. The smallest absolute Gasteiger partial charge is 0.287 e. The van der Waals surface area contributed by atoms with E-state index in [1.165, 1.54) is 98.0 Å². The Hall–Kier alpha value is -3.20. The zero-order valence-corrected chi connectivity index (χ0v) is 21.6. The molecule has 0 atom stereocenters. The fraction of sp³-hybridized carbons (Fsp3) is 0.375. The second-order valence-electron chi connectivity index (χ2n) is 11.4. The van der Waals surface area contributed by atoms with Gasteiger partial charge < -0.3 is 4.40 Å². The second kappa shape index (κ2) is 7.40. The first-order chi connectivity index (χ1) is 16.9. The summed E-state index contributed by atoms with van der Waals surface area (Å²) in [6.07, 6.45) is 8.69. The lowest BCUT2D eigenvalue weighted by molar-refractivity contribution is -0.646. The number of pyridine rings is 1. The zero-order valence-electron chi connectivity index (χ0n) is 21.6. The van der Waals surface area contributed by atoms with E-state index in [9.17, 15) is 0 Å². The number of aromatic nitrogens is 3. The third kappa shape index (κ3) is 2.84. The average molecular weight is 461 g/mol. The lowest BCUT2D eigenvalue weighted by Crippen LogP contribution is -2.30. The fourth-order valence-electron chi connectivity index (χ4n) is 7.02. The molecule has 35 heavy (non-hydrogen) atoms. The number of hydrogen-bond donors (Lipinski definition) is 0. The molecule has 3 aromatic carbocycles. The van der Waals surface area contributed by atoms with E-state index in [1.807, 2.05) is 6.33 Å². The van der Waals surface area contributed by atoms with Gasteiger partial charge in [0.1, 0.15) is 5.52 Å². The molecular formula is C32H34N3+. The van der Waals surface area contributed by atoms with Crippen LogP contribution in [0.5, 0.6) is 0 Å². The molecule has 0 unspecified atom stereocenters. The SMILES string of the molecule is Cc1cc2c3cccc(C(C)C)c3n3c4cc(CC5CCCC5)cc5nc[n+](C)c(c(c1C)c23)c54. The van der Waals surface area contributed by atoms with Gasteiger partial charge in [0, 0.05) is 10.8 Å². The predicted octanol–water partition coefficient (Wildman–Crippen LogP) is 7.68. The summed E-state index contributed by atoms with van der Waals surface area (Å²) in [6.45, 7) is 9.20. The minimum atomic E-state index is 0.452. The van der Waals surface area contributed by atoms with Gasteiger partial charge >= 0.3 is 0 Å². The summed E-state index contributed by atoms with van der Waals surface area (Å²) in [6, 6.07) is 14.2. The van der Waals surface area contributed by atoms with Gasteiger partial charge in [-0.2, -0.15) is 0 Å². The largest absolute Gasteiger partial charge is 0.307 e. The van der Waals surface area contributed by atoms with Crippen LogP contribution in [0.1, 0.15) is 67.7 Å². The molecule has 0 saturated heterocycles. The lowest BCUT2D eigenvalue weighted by atomic mass is 9.94. The van der Waals surface area contributed by atoms with Crippen LogP contribution in [0.3, 0.4) is 0 Å². The van der Waals surface area contributed by atoms with Gasteiger partial charge in [-0.25, -0.2) is 4.57 Å². The average Bonchev–Trinajstić information content (AvgIpc) is 3.46. The number of rotatable bonds is 3. The molecule has 3 heterocycles. The number of hydrogen-bond acceptors (Lipinski definition) is 1. The maximum Gasteiger partial charge on any atom is 0.287 e. The summed E-state index contributed by atoms with van der Waals surface area (Å²) in [4.78, 5) is 4.98. The minimum Gasteiger partial charge on any atom is -0.307 e. The lowest BCUT2D eigenvalue weighted by Gasteiger charge is -2.17. The number of nitrogens with zero attached hydrogens (tertiary/aromatic N) is 3. The fourth-order valence-corrected chi connectivity index (χ4v) is 7.02. The molecule has 176 valence electrons. The van der Waals surface area contributed by atoms with Gasteiger partial charge in [0.15, 0.2) is 5.52 Å². The Morgan fingerprint density at radius 1 is 1.00 bits per heavy atom. The topological polar surface area (TPSA) is 21.2 Å². The van der Waals surface area contributed by atoms with Crippen molar-refractivity contribution in [2.45, 2.75) is 65.7 Å².